The quantitative estimate of drug-likeness (QED) is 0.535. The van der Waals surface area contributed by atoms with E-state index in [-0.39, 0.29) is 12.4 Å². The second-order valence-electron chi connectivity index (χ2n) is 4.82. The van der Waals surface area contributed by atoms with Crippen LogP contribution in [0.4, 0.5) is 5.69 Å². The van der Waals surface area contributed by atoms with Gasteiger partial charge in [-0.15, -0.1) is 12.4 Å². The molecule has 0 spiro atoms. The first-order chi connectivity index (χ1) is 9.04. The molecule has 0 aliphatic carbocycles. The number of oxime groups is 1. The van der Waals surface area contributed by atoms with Crippen LogP contribution < -0.4 is 4.90 Å². The number of aryl methyl sites for hydroxylation is 1. The van der Waals surface area contributed by atoms with E-state index in [0.29, 0.717) is 0 Å². The van der Waals surface area contributed by atoms with Gasteiger partial charge in [0.05, 0.1) is 6.21 Å². The fourth-order valence-electron chi connectivity index (χ4n) is 2.28. The number of nitrogens with zero attached hydrogens (tertiary/aromatic N) is 3. The number of halogens is 1. The van der Waals surface area contributed by atoms with Crippen LogP contribution in [0.3, 0.4) is 0 Å². The van der Waals surface area contributed by atoms with Gasteiger partial charge in [-0.25, -0.2) is 0 Å². The molecule has 0 radical (unpaired) electrons. The molecule has 0 atom stereocenters. The zero-order chi connectivity index (χ0) is 14.0. The average Bonchev–Trinajstić information content (AvgIpc) is 2.65. The maximum Gasteiger partial charge on any atom is 0.0752 e. The summed E-state index contributed by atoms with van der Waals surface area (Å²) in [6, 6.07) is 10.4. The van der Waals surface area contributed by atoms with Gasteiger partial charge < -0.3 is 14.7 Å². The monoisotopic (exact) mass is 293 g/mol. The second kappa shape index (κ2) is 6.48. The smallest absolute Gasteiger partial charge is 0.0752 e. The predicted molar refractivity (Wildman–Crippen MR) is 86.2 cm³/mol. The van der Waals surface area contributed by atoms with Crippen molar-refractivity contribution in [1.82, 2.24) is 4.57 Å². The zero-order valence-corrected chi connectivity index (χ0v) is 13.0. The highest BCUT2D eigenvalue weighted by molar-refractivity contribution is 5.85. The van der Waals surface area contributed by atoms with E-state index in [9.17, 15) is 0 Å². The maximum absolute atomic E-state index is 8.67. The van der Waals surface area contributed by atoms with Crippen LogP contribution in [-0.2, 0) is 0 Å². The molecule has 0 unspecified atom stereocenters. The Hall–Kier alpha value is -1.94. The minimum absolute atomic E-state index is 0. The average molecular weight is 294 g/mol. The molecule has 4 nitrogen and oxygen atoms in total. The number of benzene rings is 1. The summed E-state index contributed by atoms with van der Waals surface area (Å²) in [6.45, 7) is 4.06. The van der Waals surface area contributed by atoms with E-state index in [2.05, 4.69) is 38.9 Å². The van der Waals surface area contributed by atoms with Gasteiger partial charge in [0.1, 0.15) is 0 Å². The van der Waals surface area contributed by atoms with Crippen LogP contribution in [0.15, 0.2) is 35.5 Å². The van der Waals surface area contributed by atoms with Crippen molar-refractivity contribution in [3.63, 3.8) is 0 Å². The first-order valence-electron chi connectivity index (χ1n) is 6.18. The van der Waals surface area contributed by atoms with Gasteiger partial charge >= 0.3 is 0 Å². The summed E-state index contributed by atoms with van der Waals surface area (Å²) in [5.74, 6) is 0. The highest BCUT2D eigenvalue weighted by atomic mass is 35.5. The zero-order valence-electron chi connectivity index (χ0n) is 12.2. The molecular formula is C15H20ClN3O. The lowest BCUT2D eigenvalue weighted by Gasteiger charge is -2.14. The number of rotatable bonds is 3. The van der Waals surface area contributed by atoms with Crippen molar-refractivity contribution in [2.45, 2.75) is 13.8 Å². The van der Waals surface area contributed by atoms with E-state index in [1.165, 1.54) is 11.9 Å². The number of aromatic nitrogens is 1. The Morgan fingerprint density at radius 3 is 2.25 bits per heavy atom. The topological polar surface area (TPSA) is 40.8 Å². The molecule has 20 heavy (non-hydrogen) atoms. The molecule has 5 heteroatoms. The first kappa shape index (κ1) is 16.1. The van der Waals surface area contributed by atoms with Crippen LogP contribution in [0.1, 0.15) is 17.0 Å². The SMILES string of the molecule is Cc1cc(/C=N/O)c(C)n1-c1ccc(N(C)C)cc1.Cl. The molecular weight excluding hydrogens is 274 g/mol. The molecule has 108 valence electrons. The highest BCUT2D eigenvalue weighted by Gasteiger charge is 2.09. The van der Waals surface area contributed by atoms with E-state index >= 15 is 0 Å². The minimum Gasteiger partial charge on any atom is -0.411 e. The number of hydrogen-bond donors (Lipinski definition) is 1. The third kappa shape index (κ3) is 2.96. The van der Waals surface area contributed by atoms with Crippen molar-refractivity contribution in [3.8, 4) is 5.69 Å². The van der Waals surface area contributed by atoms with Crippen LogP contribution in [0.25, 0.3) is 5.69 Å². The van der Waals surface area contributed by atoms with Crippen LogP contribution in [0.5, 0.6) is 0 Å². The molecule has 0 bridgehead atoms. The van der Waals surface area contributed by atoms with Gasteiger partial charge in [-0.1, -0.05) is 5.16 Å². The number of anilines is 1. The third-order valence-electron chi connectivity index (χ3n) is 3.29. The minimum atomic E-state index is 0. The summed E-state index contributed by atoms with van der Waals surface area (Å²) in [4.78, 5) is 2.07. The summed E-state index contributed by atoms with van der Waals surface area (Å²) >= 11 is 0. The van der Waals surface area contributed by atoms with E-state index in [4.69, 9.17) is 5.21 Å². The molecule has 1 N–H and O–H groups in total. The molecule has 1 aromatic carbocycles. The summed E-state index contributed by atoms with van der Waals surface area (Å²) in [5, 5.41) is 11.8. The van der Waals surface area contributed by atoms with Gasteiger partial charge in [0, 0.05) is 42.4 Å². The molecule has 0 aliphatic heterocycles. The lowest BCUT2D eigenvalue weighted by atomic mass is 10.2. The summed E-state index contributed by atoms with van der Waals surface area (Å²) in [5.41, 5.74) is 5.39. The largest absolute Gasteiger partial charge is 0.411 e. The summed E-state index contributed by atoms with van der Waals surface area (Å²) in [6.07, 6.45) is 1.47. The molecule has 0 aliphatic rings. The maximum atomic E-state index is 8.67. The summed E-state index contributed by atoms with van der Waals surface area (Å²) < 4.78 is 2.15. The normalized spacial score (nSPS) is 10.6. The Labute approximate surface area is 125 Å². The van der Waals surface area contributed by atoms with Crippen molar-refractivity contribution in [3.05, 3.63) is 47.3 Å². The lowest BCUT2D eigenvalue weighted by molar-refractivity contribution is 0.322. The molecule has 0 amide bonds. The standard InChI is InChI=1S/C15H19N3O.ClH/c1-11-9-13(10-16-19)12(2)18(11)15-7-5-14(6-8-15)17(3)4;/h5-10,19H,1-4H3;1H/b16-10+;. The van der Waals surface area contributed by atoms with E-state index in [1.807, 2.05) is 34.0 Å². The van der Waals surface area contributed by atoms with Gasteiger partial charge in [0.15, 0.2) is 0 Å². The molecule has 1 aromatic heterocycles. The van der Waals surface area contributed by atoms with Crippen LogP contribution >= 0.6 is 12.4 Å². The predicted octanol–water partition coefficient (Wildman–Crippen LogP) is 3.39. The Balaban J connectivity index is 0.00000200. The van der Waals surface area contributed by atoms with E-state index in [1.54, 1.807) is 0 Å². The van der Waals surface area contributed by atoms with Gasteiger partial charge in [0.2, 0.25) is 0 Å². The van der Waals surface area contributed by atoms with Crippen molar-refractivity contribution >= 4 is 24.3 Å². The van der Waals surface area contributed by atoms with Crippen LogP contribution in [-0.4, -0.2) is 30.1 Å². The van der Waals surface area contributed by atoms with Gasteiger partial charge in [-0.2, -0.15) is 0 Å². The Kier molecular flexibility index (Phi) is 5.22. The van der Waals surface area contributed by atoms with Crippen LogP contribution in [0, 0.1) is 13.8 Å². The molecule has 0 saturated carbocycles. The van der Waals surface area contributed by atoms with Crippen molar-refractivity contribution in [1.29, 1.82) is 0 Å². The van der Waals surface area contributed by atoms with Crippen molar-refractivity contribution in [2.75, 3.05) is 19.0 Å². The Morgan fingerprint density at radius 2 is 1.75 bits per heavy atom. The Bertz CT molecular complexity index is 600. The Morgan fingerprint density at radius 1 is 1.15 bits per heavy atom. The van der Waals surface area contributed by atoms with Gasteiger partial charge in [0.25, 0.3) is 0 Å². The van der Waals surface area contributed by atoms with E-state index in [0.717, 1.165) is 22.6 Å². The van der Waals surface area contributed by atoms with Crippen molar-refractivity contribution < 1.29 is 5.21 Å². The first-order valence-corrected chi connectivity index (χ1v) is 6.18. The molecule has 2 aromatic rings. The van der Waals surface area contributed by atoms with E-state index < -0.39 is 0 Å². The third-order valence-corrected chi connectivity index (χ3v) is 3.29. The molecule has 0 fully saturated rings. The summed E-state index contributed by atoms with van der Waals surface area (Å²) in [7, 11) is 4.05. The van der Waals surface area contributed by atoms with Crippen molar-refractivity contribution in [2.24, 2.45) is 5.16 Å². The van der Waals surface area contributed by atoms with Crippen LogP contribution in [0.2, 0.25) is 0 Å². The highest BCUT2D eigenvalue weighted by Crippen LogP contribution is 2.22. The fraction of sp³-hybridized carbons (Fsp3) is 0.267. The molecule has 2 rings (SSSR count). The lowest BCUT2D eigenvalue weighted by Crippen LogP contribution is -2.08. The van der Waals surface area contributed by atoms with Gasteiger partial charge in [-0.3, -0.25) is 0 Å². The fourth-order valence-corrected chi connectivity index (χ4v) is 2.28. The number of hydrogen-bond acceptors (Lipinski definition) is 3. The molecule has 1 heterocycles. The van der Waals surface area contributed by atoms with Gasteiger partial charge in [-0.05, 0) is 44.2 Å². The second-order valence-corrected chi connectivity index (χ2v) is 4.82. The molecule has 0 saturated heterocycles.